The lowest BCUT2D eigenvalue weighted by Gasteiger charge is -2.27. The normalized spacial score (nSPS) is 16.5. The number of aliphatic hydroxyl groups is 1. The van der Waals surface area contributed by atoms with E-state index in [9.17, 15) is 9.90 Å². The monoisotopic (exact) mass is 576 g/mol. The summed E-state index contributed by atoms with van der Waals surface area (Å²) in [7, 11) is 6.92. The first kappa shape index (κ1) is 32.3. The maximum absolute atomic E-state index is 13.5. The molecule has 4 rings (SSSR count). The molecule has 10 heteroatoms. The van der Waals surface area contributed by atoms with Crippen LogP contribution in [0.5, 0.6) is 17.2 Å². The highest BCUT2D eigenvalue weighted by Crippen LogP contribution is 2.45. The summed E-state index contributed by atoms with van der Waals surface area (Å²) in [5, 5.41) is 10.8. The third-order valence-electron chi connectivity index (χ3n) is 6.60. The van der Waals surface area contributed by atoms with Crippen LogP contribution in [0.1, 0.15) is 16.4 Å². The average molecular weight is 577 g/mol. The van der Waals surface area contributed by atoms with Gasteiger partial charge in [0.2, 0.25) is 0 Å². The summed E-state index contributed by atoms with van der Waals surface area (Å²) >= 11 is 1.52. The van der Waals surface area contributed by atoms with E-state index in [-0.39, 0.29) is 23.8 Å². The van der Waals surface area contributed by atoms with E-state index >= 15 is 0 Å². The van der Waals surface area contributed by atoms with E-state index in [1.165, 1.54) is 11.8 Å². The smallest absolute Gasteiger partial charge is 0.257 e. The first-order valence-corrected chi connectivity index (χ1v) is 13.1. The van der Waals surface area contributed by atoms with Gasteiger partial charge < -0.3 is 34.6 Å². The number of aliphatic hydroxyl groups excluding tert-OH is 1. The maximum atomic E-state index is 13.5. The van der Waals surface area contributed by atoms with Gasteiger partial charge in [0.25, 0.3) is 5.91 Å². The summed E-state index contributed by atoms with van der Waals surface area (Å²) < 4.78 is 16.0. The minimum absolute atomic E-state index is 0. The van der Waals surface area contributed by atoms with Gasteiger partial charge in [-0.3, -0.25) is 4.79 Å². The molecule has 3 aromatic rings. The average Bonchev–Trinajstić information content (AvgIpc) is 3.04. The highest BCUT2D eigenvalue weighted by Gasteiger charge is 2.37. The number of benzene rings is 3. The van der Waals surface area contributed by atoms with Crippen LogP contribution in [0.25, 0.3) is 0 Å². The highest BCUT2D eigenvalue weighted by molar-refractivity contribution is 7.99. The van der Waals surface area contributed by atoms with E-state index in [0.29, 0.717) is 24.6 Å². The molecule has 8 nitrogen and oxygen atoms in total. The number of anilines is 1. The van der Waals surface area contributed by atoms with E-state index in [1.807, 2.05) is 73.8 Å². The van der Waals surface area contributed by atoms with Crippen LogP contribution < -0.4 is 19.1 Å². The van der Waals surface area contributed by atoms with Gasteiger partial charge in [0.05, 0.1) is 32.3 Å². The molecule has 0 fully saturated rings. The lowest BCUT2D eigenvalue weighted by atomic mass is 10.1. The minimum Gasteiger partial charge on any atom is -0.497 e. The molecule has 0 spiro atoms. The van der Waals surface area contributed by atoms with Crippen LogP contribution in [0, 0.1) is 0 Å². The molecule has 0 saturated carbocycles. The van der Waals surface area contributed by atoms with E-state index in [0.717, 1.165) is 40.4 Å². The van der Waals surface area contributed by atoms with E-state index in [2.05, 4.69) is 4.90 Å². The summed E-state index contributed by atoms with van der Waals surface area (Å²) in [6.45, 7) is 1.95. The fourth-order valence-corrected chi connectivity index (χ4v) is 5.67. The number of amides is 1. The number of ether oxygens (including phenoxy) is 3. The number of thioether (sulfide) groups is 1. The number of fused-ring (bicyclic) bond motifs is 1. The number of methoxy groups -OCH3 is 3. The quantitative estimate of drug-likeness (QED) is 0.389. The van der Waals surface area contributed by atoms with E-state index < -0.39 is 11.4 Å². The number of halogens is 1. The first-order chi connectivity index (χ1) is 17.9. The Morgan fingerprint density at radius 1 is 0.923 bits per heavy atom. The minimum atomic E-state index is -1.16. The standard InChI is InChI=1S/C29H34N2O5S.ClH.H2O/c1-30(16-15-20-9-14-24(35-3)25(19-20)36-4)17-18-31-23-7-5-6-8-26(23)37-28(27(32)29(31)33)21-10-12-22(34-2)13-11-21;;/h5-14,19,27-28,32H,15-18H2,1-4H3;1H;1H2/t27-,28+;;/m1../s1. The van der Waals surface area contributed by atoms with Gasteiger partial charge in [-0.2, -0.15) is 0 Å². The Morgan fingerprint density at radius 2 is 1.62 bits per heavy atom. The zero-order valence-corrected chi connectivity index (χ0v) is 24.3. The van der Waals surface area contributed by atoms with Gasteiger partial charge in [0, 0.05) is 24.5 Å². The van der Waals surface area contributed by atoms with Gasteiger partial charge in [0.15, 0.2) is 11.5 Å². The largest absolute Gasteiger partial charge is 0.497 e. The Morgan fingerprint density at radius 3 is 2.28 bits per heavy atom. The zero-order chi connectivity index (χ0) is 26.4. The summed E-state index contributed by atoms with van der Waals surface area (Å²) in [5.74, 6) is 1.88. The van der Waals surface area contributed by atoms with Crippen molar-refractivity contribution < 1.29 is 29.6 Å². The molecule has 3 aromatic carbocycles. The lowest BCUT2D eigenvalue weighted by Crippen LogP contribution is -2.44. The van der Waals surface area contributed by atoms with Crippen molar-refractivity contribution in [1.82, 2.24) is 4.90 Å². The van der Waals surface area contributed by atoms with Crippen LogP contribution in [0.4, 0.5) is 5.69 Å². The molecule has 39 heavy (non-hydrogen) atoms. The maximum Gasteiger partial charge on any atom is 0.257 e. The van der Waals surface area contributed by atoms with E-state index in [4.69, 9.17) is 14.2 Å². The number of carbonyl (C=O) groups excluding carboxylic acids is 1. The summed E-state index contributed by atoms with van der Waals surface area (Å²) in [6, 6.07) is 21.3. The van der Waals surface area contributed by atoms with Crippen LogP contribution in [-0.4, -0.2) is 75.5 Å². The SMILES string of the molecule is COc1ccc([C@@H]2Sc3ccccc3N(CCN(C)CCc3ccc(OC)c(OC)c3)C(=O)[C@@H]2O)cc1.Cl.O. The van der Waals surface area contributed by atoms with Crippen molar-refractivity contribution in [1.29, 1.82) is 0 Å². The molecule has 0 unspecified atom stereocenters. The van der Waals surface area contributed by atoms with Gasteiger partial charge in [0.1, 0.15) is 11.9 Å². The molecule has 0 aliphatic carbocycles. The second kappa shape index (κ2) is 15.0. The molecule has 0 bridgehead atoms. The molecule has 1 aliphatic heterocycles. The Balaban J connectivity index is 0.00000267. The Bertz CT molecular complexity index is 1210. The molecule has 1 amide bonds. The van der Waals surface area contributed by atoms with Crippen LogP contribution >= 0.6 is 24.2 Å². The van der Waals surface area contributed by atoms with Crippen molar-refractivity contribution in [2.75, 3.05) is 52.9 Å². The predicted octanol–water partition coefficient (Wildman–Crippen LogP) is 4.02. The van der Waals surface area contributed by atoms with Crippen molar-refractivity contribution in [3.8, 4) is 17.2 Å². The predicted molar refractivity (Wildman–Crippen MR) is 158 cm³/mol. The van der Waals surface area contributed by atoms with Crippen LogP contribution in [0.15, 0.2) is 71.6 Å². The molecule has 3 N–H and O–H groups in total. The zero-order valence-electron chi connectivity index (χ0n) is 22.6. The fourth-order valence-electron chi connectivity index (χ4n) is 4.40. The van der Waals surface area contributed by atoms with Gasteiger partial charge >= 0.3 is 0 Å². The summed E-state index contributed by atoms with van der Waals surface area (Å²) in [4.78, 5) is 18.4. The fraction of sp³-hybridized carbons (Fsp3) is 0.345. The van der Waals surface area contributed by atoms with Crippen LogP contribution in [-0.2, 0) is 11.2 Å². The van der Waals surface area contributed by atoms with Gasteiger partial charge in [-0.15, -0.1) is 24.2 Å². The highest BCUT2D eigenvalue weighted by atomic mass is 35.5. The molecule has 2 atom stereocenters. The first-order valence-electron chi connectivity index (χ1n) is 12.2. The number of hydrogen-bond acceptors (Lipinski definition) is 7. The molecule has 0 saturated heterocycles. The molecule has 212 valence electrons. The van der Waals surface area contributed by atoms with E-state index in [1.54, 1.807) is 26.2 Å². The third kappa shape index (κ3) is 7.58. The molecule has 1 aliphatic rings. The second-order valence-corrected chi connectivity index (χ2v) is 10.1. The van der Waals surface area contributed by atoms with Crippen LogP contribution in [0.3, 0.4) is 0 Å². The summed E-state index contributed by atoms with van der Waals surface area (Å²) in [5.41, 5.74) is 2.87. The number of rotatable bonds is 10. The second-order valence-electron chi connectivity index (χ2n) is 8.96. The number of likely N-dealkylation sites (N-methyl/N-ethyl adjacent to an activating group) is 1. The van der Waals surface area contributed by atoms with Crippen molar-refractivity contribution in [3.63, 3.8) is 0 Å². The van der Waals surface area contributed by atoms with Crippen molar-refractivity contribution >= 4 is 35.8 Å². The lowest BCUT2D eigenvalue weighted by molar-refractivity contribution is -0.126. The molecule has 1 heterocycles. The number of nitrogens with zero attached hydrogens (tertiary/aromatic N) is 2. The van der Waals surface area contributed by atoms with Crippen LogP contribution in [0.2, 0.25) is 0 Å². The number of carbonyl (C=O) groups is 1. The van der Waals surface area contributed by atoms with Gasteiger partial charge in [-0.1, -0.05) is 30.3 Å². The Hall–Kier alpha value is -2.95. The number of para-hydroxylation sites is 1. The Kier molecular flexibility index (Phi) is 12.4. The van der Waals surface area contributed by atoms with Crippen molar-refractivity contribution in [2.24, 2.45) is 0 Å². The van der Waals surface area contributed by atoms with Crippen molar-refractivity contribution in [3.05, 3.63) is 77.9 Å². The third-order valence-corrected chi connectivity index (χ3v) is 7.98. The molecule has 0 aromatic heterocycles. The van der Waals surface area contributed by atoms with Gasteiger partial charge in [-0.05, 0) is 61.0 Å². The van der Waals surface area contributed by atoms with Crippen molar-refractivity contribution in [2.45, 2.75) is 22.7 Å². The molecular weight excluding hydrogens is 540 g/mol. The topological polar surface area (TPSA) is 103 Å². The summed E-state index contributed by atoms with van der Waals surface area (Å²) in [6.07, 6.45) is -0.331. The van der Waals surface area contributed by atoms with Gasteiger partial charge in [-0.25, -0.2) is 0 Å². The molecular formula is C29H37ClN2O6S. The molecule has 0 radical (unpaired) electrons. The Labute approximate surface area is 240 Å². The number of hydrogen-bond donors (Lipinski definition) is 1.